The SMILES string of the molecule is COCCOC(=O)/C(C#N)=C/c1ccc(N2CCCC2)cc1. The average molecular weight is 300 g/mol. The molecule has 0 saturated carbocycles. The molecule has 0 N–H and O–H groups in total. The van der Waals surface area contributed by atoms with Crippen LogP contribution in [-0.4, -0.2) is 39.4 Å². The van der Waals surface area contributed by atoms with Gasteiger partial charge in [-0.2, -0.15) is 5.26 Å². The molecule has 0 aliphatic carbocycles. The normalized spacial score (nSPS) is 14.7. The second kappa shape index (κ2) is 8.20. The van der Waals surface area contributed by atoms with E-state index >= 15 is 0 Å². The van der Waals surface area contributed by atoms with Gasteiger partial charge < -0.3 is 14.4 Å². The molecule has 1 aromatic carbocycles. The molecule has 1 aliphatic rings. The predicted octanol–water partition coefficient (Wildman–Crippen LogP) is 2.38. The summed E-state index contributed by atoms with van der Waals surface area (Å²) in [6, 6.07) is 9.74. The van der Waals surface area contributed by atoms with E-state index in [0.717, 1.165) is 18.7 Å². The Hall–Kier alpha value is -2.32. The molecule has 0 bridgehead atoms. The third kappa shape index (κ3) is 4.34. The summed E-state index contributed by atoms with van der Waals surface area (Å²) in [7, 11) is 1.52. The van der Waals surface area contributed by atoms with Gasteiger partial charge in [-0.25, -0.2) is 4.79 Å². The number of nitriles is 1. The third-order valence-corrected chi connectivity index (χ3v) is 3.54. The van der Waals surface area contributed by atoms with Crippen LogP contribution >= 0.6 is 0 Å². The molecule has 0 atom stereocenters. The molecule has 5 heteroatoms. The number of carbonyl (C=O) groups excluding carboxylic acids is 1. The largest absolute Gasteiger partial charge is 0.459 e. The molecule has 0 aromatic heterocycles. The highest BCUT2D eigenvalue weighted by molar-refractivity contribution is 5.97. The molecule has 0 spiro atoms. The molecule has 1 saturated heterocycles. The average Bonchev–Trinajstić information content (AvgIpc) is 3.07. The van der Waals surface area contributed by atoms with E-state index in [4.69, 9.17) is 14.7 Å². The highest BCUT2D eigenvalue weighted by Crippen LogP contribution is 2.21. The Labute approximate surface area is 130 Å². The fourth-order valence-electron chi connectivity index (χ4n) is 2.36. The lowest BCUT2D eigenvalue weighted by atomic mass is 10.1. The fourth-order valence-corrected chi connectivity index (χ4v) is 2.36. The van der Waals surface area contributed by atoms with Crippen LogP contribution < -0.4 is 4.90 Å². The summed E-state index contributed by atoms with van der Waals surface area (Å²) in [6.45, 7) is 2.63. The second-order valence-corrected chi connectivity index (χ2v) is 5.08. The fraction of sp³-hybridized carbons (Fsp3) is 0.412. The van der Waals surface area contributed by atoms with Gasteiger partial charge in [0.1, 0.15) is 18.2 Å². The van der Waals surface area contributed by atoms with Gasteiger partial charge in [-0.05, 0) is 36.6 Å². The Morgan fingerprint density at radius 3 is 2.55 bits per heavy atom. The standard InChI is InChI=1S/C17H20N2O3/c1-21-10-11-22-17(20)15(13-18)12-14-4-6-16(7-5-14)19-8-2-3-9-19/h4-7,12H,2-3,8-11H2,1H3/b15-12+. The van der Waals surface area contributed by atoms with Crippen LogP contribution in [-0.2, 0) is 14.3 Å². The Balaban J connectivity index is 2.02. The van der Waals surface area contributed by atoms with E-state index in [1.165, 1.54) is 25.6 Å². The zero-order valence-corrected chi connectivity index (χ0v) is 12.7. The van der Waals surface area contributed by atoms with E-state index in [9.17, 15) is 4.79 Å². The Kier molecular flexibility index (Phi) is 5.99. The lowest BCUT2D eigenvalue weighted by Crippen LogP contribution is -2.17. The van der Waals surface area contributed by atoms with Crippen LogP contribution in [0.3, 0.4) is 0 Å². The van der Waals surface area contributed by atoms with Gasteiger partial charge in [-0.15, -0.1) is 0 Å². The van der Waals surface area contributed by atoms with E-state index in [1.54, 1.807) is 6.08 Å². The van der Waals surface area contributed by atoms with Crippen LogP contribution in [0.4, 0.5) is 5.69 Å². The molecule has 0 unspecified atom stereocenters. The summed E-state index contributed by atoms with van der Waals surface area (Å²) < 4.78 is 9.75. The van der Waals surface area contributed by atoms with Gasteiger partial charge in [-0.3, -0.25) is 0 Å². The van der Waals surface area contributed by atoms with Gasteiger partial charge in [0, 0.05) is 25.9 Å². The summed E-state index contributed by atoms with van der Waals surface area (Å²) in [5.74, 6) is -0.622. The zero-order chi connectivity index (χ0) is 15.8. The van der Waals surface area contributed by atoms with E-state index < -0.39 is 5.97 Å². The number of methoxy groups -OCH3 is 1. The van der Waals surface area contributed by atoms with Crippen molar-refractivity contribution >= 4 is 17.7 Å². The van der Waals surface area contributed by atoms with E-state index in [0.29, 0.717) is 6.61 Å². The highest BCUT2D eigenvalue weighted by atomic mass is 16.6. The number of nitrogens with zero attached hydrogens (tertiary/aromatic N) is 2. The van der Waals surface area contributed by atoms with Crippen LogP contribution in [0.2, 0.25) is 0 Å². The van der Waals surface area contributed by atoms with Crippen molar-refractivity contribution in [3.63, 3.8) is 0 Å². The first-order valence-electron chi connectivity index (χ1n) is 7.37. The van der Waals surface area contributed by atoms with Crippen LogP contribution in [0.15, 0.2) is 29.8 Å². The number of carbonyl (C=O) groups is 1. The summed E-state index contributed by atoms with van der Waals surface area (Å²) >= 11 is 0. The van der Waals surface area contributed by atoms with Crippen molar-refractivity contribution in [3.8, 4) is 6.07 Å². The first kappa shape index (κ1) is 16.1. The summed E-state index contributed by atoms with van der Waals surface area (Å²) in [5, 5.41) is 9.08. The Morgan fingerprint density at radius 1 is 1.27 bits per heavy atom. The monoisotopic (exact) mass is 300 g/mol. The number of benzene rings is 1. The van der Waals surface area contributed by atoms with E-state index in [-0.39, 0.29) is 12.2 Å². The van der Waals surface area contributed by atoms with Crippen molar-refractivity contribution in [2.45, 2.75) is 12.8 Å². The van der Waals surface area contributed by atoms with Gasteiger partial charge in [0.05, 0.1) is 6.61 Å². The first-order valence-corrected chi connectivity index (χ1v) is 7.37. The summed E-state index contributed by atoms with van der Waals surface area (Å²) in [4.78, 5) is 14.1. The quantitative estimate of drug-likeness (QED) is 0.349. The number of ether oxygens (including phenoxy) is 2. The molecule has 0 amide bonds. The molecule has 1 fully saturated rings. The predicted molar refractivity (Wildman–Crippen MR) is 84.3 cm³/mol. The van der Waals surface area contributed by atoms with Crippen molar-refractivity contribution < 1.29 is 14.3 Å². The second-order valence-electron chi connectivity index (χ2n) is 5.08. The summed E-state index contributed by atoms with van der Waals surface area (Å²) in [5.41, 5.74) is 1.98. The van der Waals surface area contributed by atoms with Gasteiger partial charge >= 0.3 is 5.97 Å². The van der Waals surface area contributed by atoms with Gasteiger partial charge in [0.25, 0.3) is 0 Å². The summed E-state index contributed by atoms with van der Waals surface area (Å²) in [6.07, 6.45) is 4.00. The minimum atomic E-state index is -0.622. The lowest BCUT2D eigenvalue weighted by molar-refractivity contribution is -0.139. The maximum atomic E-state index is 11.8. The maximum absolute atomic E-state index is 11.8. The molecular weight excluding hydrogens is 280 g/mol. The van der Waals surface area contributed by atoms with Crippen molar-refractivity contribution in [2.24, 2.45) is 0 Å². The van der Waals surface area contributed by atoms with Crippen LogP contribution in [0.1, 0.15) is 18.4 Å². The van der Waals surface area contributed by atoms with Gasteiger partial charge in [-0.1, -0.05) is 12.1 Å². The number of anilines is 1. The molecule has 1 heterocycles. The zero-order valence-electron chi connectivity index (χ0n) is 12.7. The molecule has 0 radical (unpaired) electrons. The maximum Gasteiger partial charge on any atom is 0.348 e. The van der Waals surface area contributed by atoms with Crippen molar-refractivity contribution in [3.05, 3.63) is 35.4 Å². The topological polar surface area (TPSA) is 62.6 Å². The molecule has 2 rings (SSSR count). The Bertz CT molecular complexity index is 567. The van der Waals surface area contributed by atoms with Crippen LogP contribution in [0.5, 0.6) is 0 Å². The van der Waals surface area contributed by atoms with E-state index in [1.807, 2.05) is 30.3 Å². The minimum absolute atomic E-state index is 0.00924. The number of esters is 1. The molecule has 1 aliphatic heterocycles. The van der Waals surface area contributed by atoms with Crippen molar-refractivity contribution in [2.75, 3.05) is 38.3 Å². The molecule has 116 valence electrons. The van der Waals surface area contributed by atoms with Gasteiger partial charge in [0.2, 0.25) is 0 Å². The third-order valence-electron chi connectivity index (χ3n) is 3.54. The molecular formula is C17H20N2O3. The van der Waals surface area contributed by atoms with Crippen molar-refractivity contribution in [1.29, 1.82) is 5.26 Å². The number of rotatable bonds is 6. The number of hydrogen-bond acceptors (Lipinski definition) is 5. The molecule has 5 nitrogen and oxygen atoms in total. The molecule has 22 heavy (non-hydrogen) atoms. The number of hydrogen-bond donors (Lipinski definition) is 0. The highest BCUT2D eigenvalue weighted by Gasteiger charge is 2.13. The smallest absolute Gasteiger partial charge is 0.348 e. The minimum Gasteiger partial charge on any atom is -0.459 e. The Morgan fingerprint density at radius 2 is 1.95 bits per heavy atom. The van der Waals surface area contributed by atoms with E-state index in [2.05, 4.69) is 4.90 Å². The van der Waals surface area contributed by atoms with Crippen LogP contribution in [0, 0.1) is 11.3 Å². The van der Waals surface area contributed by atoms with Gasteiger partial charge in [0.15, 0.2) is 0 Å². The van der Waals surface area contributed by atoms with Crippen LogP contribution in [0.25, 0.3) is 6.08 Å². The lowest BCUT2D eigenvalue weighted by Gasteiger charge is -2.17. The first-order chi connectivity index (χ1) is 10.7. The van der Waals surface area contributed by atoms with Crippen molar-refractivity contribution in [1.82, 2.24) is 0 Å². The molecule has 1 aromatic rings.